The highest BCUT2D eigenvalue weighted by atomic mass is 19.4. The fraction of sp³-hybridized carbons (Fsp3) is 0.500. The molecule has 0 aliphatic heterocycles. The molecule has 0 rings (SSSR count). The first-order chi connectivity index (χ1) is 6.48. The van der Waals surface area contributed by atoms with Crippen molar-refractivity contribution < 1.29 is 18.0 Å². The highest BCUT2D eigenvalue weighted by molar-refractivity contribution is 5.87. The molecule has 0 aliphatic carbocycles. The summed E-state index contributed by atoms with van der Waals surface area (Å²) in [6.45, 7) is 1.05. The van der Waals surface area contributed by atoms with Gasteiger partial charge < -0.3 is 10.2 Å². The van der Waals surface area contributed by atoms with Gasteiger partial charge in [0.2, 0.25) is 0 Å². The topological polar surface area (TPSA) is 41.5 Å². The molecule has 6 heteroatoms. The smallest absolute Gasteiger partial charge is 0.306 e. The number of allylic oxidation sites excluding steroid dienone is 1. The summed E-state index contributed by atoms with van der Waals surface area (Å²) in [4.78, 5) is 9.83. The van der Waals surface area contributed by atoms with Crippen molar-refractivity contribution >= 4 is 12.0 Å². The maximum Gasteiger partial charge on any atom is 0.430 e. The number of hydrogen-bond donors (Lipinski definition) is 1. The van der Waals surface area contributed by atoms with Gasteiger partial charge in [0.25, 0.3) is 0 Å². The van der Waals surface area contributed by atoms with Gasteiger partial charge in [-0.15, -0.1) is 0 Å². The number of halogens is 3. The third-order valence-corrected chi connectivity index (χ3v) is 1.27. The minimum atomic E-state index is -4.39. The normalized spacial score (nSPS) is 13.3. The average Bonchev–Trinajstić information content (AvgIpc) is 2.09. The molecule has 0 spiro atoms. The monoisotopic (exact) mass is 208 g/mol. The molecule has 0 aromatic heterocycles. The first kappa shape index (κ1) is 12.7. The van der Waals surface area contributed by atoms with E-state index in [1.54, 1.807) is 6.08 Å². The van der Waals surface area contributed by atoms with E-state index in [0.717, 1.165) is 6.92 Å². The van der Waals surface area contributed by atoms with E-state index in [-0.39, 0.29) is 13.0 Å². The van der Waals surface area contributed by atoms with Crippen molar-refractivity contribution in [1.82, 2.24) is 5.43 Å². The molecule has 14 heavy (non-hydrogen) atoms. The quantitative estimate of drug-likeness (QED) is 0.245. The van der Waals surface area contributed by atoms with E-state index >= 15 is 0 Å². The number of hydrogen-bond acceptors (Lipinski definition) is 3. The number of aldehydes is 1. The molecule has 3 nitrogen and oxygen atoms in total. The van der Waals surface area contributed by atoms with Gasteiger partial charge in [-0.3, -0.25) is 0 Å². The lowest BCUT2D eigenvalue weighted by Crippen LogP contribution is -2.22. The lowest BCUT2D eigenvalue weighted by Gasteiger charge is -2.04. The first-order valence-corrected chi connectivity index (χ1v) is 3.91. The number of nitrogens with one attached hydrogen (secondary N) is 1. The second-order valence-corrected chi connectivity index (χ2v) is 2.43. The van der Waals surface area contributed by atoms with Crippen LogP contribution in [0.2, 0.25) is 0 Å². The van der Waals surface area contributed by atoms with E-state index in [0.29, 0.717) is 6.29 Å². The summed E-state index contributed by atoms with van der Waals surface area (Å²) in [5.41, 5.74) is 1.29. The van der Waals surface area contributed by atoms with Crippen molar-refractivity contribution in [1.29, 1.82) is 0 Å². The number of hydrazone groups is 1. The summed E-state index contributed by atoms with van der Waals surface area (Å²) >= 11 is 0. The molecule has 0 heterocycles. The second-order valence-electron chi connectivity index (χ2n) is 2.43. The average molecular weight is 208 g/mol. The molecule has 0 aromatic rings. The Hall–Kier alpha value is -1.33. The van der Waals surface area contributed by atoms with Crippen LogP contribution >= 0.6 is 0 Å². The highest BCUT2D eigenvalue weighted by Crippen LogP contribution is 2.16. The Kier molecular flexibility index (Phi) is 5.59. The Morgan fingerprint density at radius 2 is 2.07 bits per heavy atom. The largest absolute Gasteiger partial charge is 0.430 e. The lowest BCUT2D eigenvalue weighted by atomic mass is 10.4. The van der Waals surface area contributed by atoms with Crippen molar-refractivity contribution in [2.45, 2.75) is 19.5 Å². The Morgan fingerprint density at radius 1 is 1.43 bits per heavy atom. The van der Waals surface area contributed by atoms with Crippen molar-refractivity contribution in [3.8, 4) is 0 Å². The minimum Gasteiger partial charge on any atom is -0.306 e. The Morgan fingerprint density at radius 3 is 2.57 bits per heavy atom. The van der Waals surface area contributed by atoms with Crippen LogP contribution in [0.4, 0.5) is 13.2 Å². The van der Waals surface area contributed by atoms with E-state index in [9.17, 15) is 18.0 Å². The van der Waals surface area contributed by atoms with Crippen molar-refractivity contribution in [2.24, 2.45) is 5.10 Å². The third-order valence-electron chi connectivity index (χ3n) is 1.27. The molecule has 0 saturated carbocycles. The fourth-order valence-corrected chi connectivity index (χ4v) is 0.515. The molecular formula is C8H11F3N2O. The van der Waals surface area contributed by atoms with Crippen molar-refractivity contribution in [3.05, 3.63) is 12.2 Å². The van der Waals surface area contributed by atoms with Crippen LogP contribution in [0.15, 0.2) is 17.3 Å². The molecule has 0 saturated heterocycles. The first-order valence-electron chi connectivity index (χ1n) is 3.91. The summed E-state index contributed by atoms with van der Waals surface area (Å²) in [6, 6.07) is 0. The zero-order valence-electron chi connectivity index (χ0n) is 7.64. The minimum absolute atomic E-state index is 0.168. The molecule has 0 radical (unpaired) electrons. The predicted molar refractivity (Wildman–Crippen MR) is 47.0 cm³/mol. The van der Waals surface area contributed by atoms with Gasteiger partial charge in [-0.25, -0.2) is 0 Å². The number of carbonyl (C=O) groups is 1. The summed E-state index contributed by atoms with van der Waals surface area (Å²) < 4.78 is 35.5. The maximum atomic E-state index is 11.8. The van der Waals surface area contributed by atoms with Gasteiger partial charge in [-0.2, -0.15) is 18.3 Å². The van der Waals surface area contributed by atoms with Crippen LogP contribution in [0.1, 0.15) is 13.3 Å². The number of carbonyl (C=O) groups excluding carboxylic acids is 1. The predicted octanol–water partition coefficient (Wildman–Crippen LogP) is 1.66. The Labute approximate surface area is 79.7 Å². The standard InChI is InChI=1S/C8H11F3N2O/c1-7(8(9,10)11)13-12-5-3-2-4-6-14/h2-3,6,12H,4-5H2,1H3/b3-2-,13-7+. The Bertz CT molecular complexity index is 233. The van der Waals surface area contributed by atoms with Crippen molar-refractivity contribution in [2.75, 3.05) is 6.54 Å². The van der Waals surface area contributed by atoms with E-state index < -0.39 is 11.9 Å². The molecular weight excluding hydrogens is 197 g/mol. The van der Waals surface area contributed by atoms with E-state index in [4.69, 9.17) is 0 Å². The Balaban J connectivity index is 3.77. The zero-order chi connectivity index (χ0) is 11.0. The molecule has 1 N–H and O–H groups in total. The van der Waals surface area contributed by atoms with Crippen LogP contribution in [0, 0.1) is 0 Å². The summed E-state index contributed by atoms with van der Waals surface area (Å²) in [5, 5.41) is 3.10. The van der Waals surface area contributed by atoms with Crippen LogP contribution in [-0.4, -0.2) is 24.7 Å². The molecule has 0 aromatic carbocycles. The van der Waals surface area contributed by atoms with Crippen molar-refractivity contribution in [3.63, 3.8) is 0 Å². The molecule has 0 bridgehead atoms. The van der Waals surface area contributed by atoms with Gasteiger partial charge in [0, 0.05) is 6.42 Å². The fourth-order valence-electron chi connectivity index (χ4n) is 0.515. The van der Waals surface area contributed by atoms with E-state index in [1.807, 2.05) is 0 Å². The SMILES string of the molecule is C/C(=N\NC/C=C\CC=O)C(F)(F)F. The van der Waals surface area contributed by atoms with Gasteiger partial charge >= 0.3 is 6.18 Å². The molecule has 0 atom stereocenters. The molecule has 0 amide bonds. The zero-order valence-corrected chi connectivity index (χ0v) is 7.64. The van der Waals surface area contributed by atoms with Crippen LogP contribution in [0.25, 0.3) is 0 Å². The van der Waals surface area contributed by atoms with Gasteiger partial charge in [0.1, 0.15) is 12.0 Å². The lowest BCUT2D eigenvalue weighted by molar-refractivity contribution is -0.107. The molecule has 0 unspecified atom stereocenters. The number of nitrogens with zero attached hydrogens (tertiary/aromatic N) is 1. The highest BCUT2D eigenvalue weighted by Gasteiger charge is 2.31. The van der Waals surface area contributed by atoms with Gasteiger partial charge in [0.15, 0.2) is 0 Å². The van der Waals surface area contributed by atoms with Gasteiger partial charge in [0.05, 0.1) is 6.54 Å². The summed E-state index contributed by atoms with van der Waals surface area (Å²) in [6.07, 6.45) is -0.371. The van der Waals surface area contributed by atoms with Gasteiger partial charge in [-0.05, 0) is 6.92 Å². The molecule has 80 valence electrons. The van der Waals surface area contributed by atoms with Crippen LogP contribution < -0.4 is 5.43 Å². The second kappa shape index (κ2) is 6.17. The summed E-state index contributed by atoms with van der Waals surface area (Å²) in [7, 11) is 0. The van der Waals surface area contributed by atoms with E-state index in [1.165, 1.54) is 6.08 Å². The van der Waals surface area contributed by atoms with Crippen LogP contribution in [0.5, 0.6) is 0 Å². The van der Waals surface area contributed by atoms with Gasteiger partial charge in [-0.1, -0.05) is 12.2 Å². The maximum absolute atomic E-state index is 11.8. The summed E-state index contributed by atoms with van der Waals surface area (Å²) in [5.74, 6) is 0. The van der Waals surface area contributed by atoms with Crippen LogP contribution in [0.3, 0.4) is 0 Å². The van der Waals surface area contributed by atoms with Crippen LogP contribution in [-0.2, 0) is 4.79 Å². The molecule has 0 aliphatic rings. The number of rotatable bonds is 5. The molecule has 0 fully saturated rings. The third kappa shape index (κ3) is 6.22. The van der Waals surface area contributed by atoms with E-state index in [2.05, 4.69) is 10.5 Å². The number of alkyl halides is 3.